The fourth-order valence-electron chi connectivity index (χ4n) is 4.39. The van der Waals surface area contributed by atoms with E-state index in [1.165, 1.54) is 6.07 Å². The molecular formula is C22H25F2N5O2S. The number of aromatic nitrogens is 3. The molecule has 4 rings (SSSR count). The minimum atomic E-state index is -0.768. The number of ether oxygens (including phenoxy) is 1. The minimum absolute atomic E-state index is 0.00629. The Morgan fingerprint density at radius 1 is 1.22 bits per heavy atom. The van der Waals surface area contributed by atoms with E-state index in [1.54, 1.807) is 18.0 Å². The Labute approximate surface area is 188 Å². The molecule has 2 aromatic heterocycles. The Balaban J connectivity index is 1.66. The highest BCUT2D eigenvalue weighted by atomic mass is 32.1. The lowest BCUT2D eigenvalue weighted by atomic mass is 9.89. The number of hydrogen-bond donors (Lipinski definition) is 2. The van der Waals surface area contributed by atoms with E-state index in [0.717, 1.165) is 67.7 Å². The Morgan fingerprint density at radius 3 is 2.50 bits per heavy atom. The summed E-state index contributed by atoms with van der Waals surface area (Å²) in [5, 5.41) is 7.25. The summed E-state index contributed by atoms with van der Waals surface area (Å²) >= 11 is 0.859. The molecule has 3 aromatic rings. The van der Waals surface area contributed by atoms with Crippen LogP contribution in [0.25, 0.3) is 10.6 Å². The number of amides is 1. The maximum Gasteiger partial charge on any atom is 0.277 e. The zero-order valence-electron chi connectivity index (χ0n) is 18.0. The van der Waals surface area contributed by atoms with Crippen LogP contribution in [0.1, 0.15) is 54.7 Å². The Morgan fingerprint density at radius 2 is 1.88 bits per heavy atom. The van der Waals surface area contributed by atoms with Crippen LogP contribution in [-0.2, 0) is 17.4 Å². The maximum absolute atomic E-state index is 14.2. The van der Waals surface area contributed by atoms with E-state index >= 15 is 0 Å². The molecule has 2 heterocycles. The van der Waals surface area contributed by atoms with Crippen molar-refractivity contribution in [3.8, 4) is 10.6 Å². The van der Waals surface area contributed by atoms with Crippen molar-refractivity contribution in [2.45, 2.75) is 44.1 Å². The molecule has 0 radical (unpaired) electrons. The second-order valence-electron chi connectivity index (χ2n) is 7.93. The summed E-state index contributed by atoms with van der Waals surface area (Å²) < 4.78 is 36.0. The second kappa shape index (κ2) is 8.95. The van der Waals surface area contributed by atoms with Crippen LogP contribution in [0, 0.1) is 11.6 Å². The molecule has 0 saturated heterocycles. The zero-order valence-corrected chi connectivity index (χ0v) is 18.8. The predicted octanol–water partition coefficient (Wildman–Crippen LogP) is 4.85. The second-order valence-corrected chi connectivity index (χ2v) is 8.96. The first kappa shape index (κ1) is 22.3. The lowest BCUT2D eigenvalue weighted by Crippen LogP contribution is -2.32. The highest BCUT2D eigenvalue weighted by molar-refractivity contribution is 7.19. The predicted molar refractivity (Wildman–Crippen MR) is 119 cm³/mol. The van der Waals surface area contributed by atoms with Gasteiger partial charge in [0.1, 0.15) is 27.2 Å². The molecule has 7 nitrogen and oxygen atoms in total. The van der Waals surface area contributed by atoms with Crippen LogP contribution < -0.4 is 11.1 Å². The molecule has 1 fully saturated rings. The lowest BCUT2D eigenvalue weighted by molar-refractivity contribution is -0.0335. The van der Waals surface area contributed by atoms with Gasteiger partial charge in [0.25, 0.3) is 5.91 Å². The van der Waals surface area contributed by atoms with Gasteiger partial charge in [0.2, 0.25) is 0 Å². The number of carbonyl (C=O) groups excluding carboxylic acids is 1. The number of rotatable bonds is 5. The molecule has 0 unspecified atom stereocenters. The van der Waals surface area contributed by atoms with E-state index in [0.29, 0.717) is 5.69 Å². The van der Waals surface area contributed by atoms with Gasteiger partial charge < -0.3 is 15.8 Å². The van der Waals surface area contributed by atoms with Crippen molar-refractivity contribution in [1.82, 2.24) is 14.8 Å². The number of nitrogen functional groups attached to an aromatic ring is 1. The average Bonchev–Trinajstić information content (AvgIpc) is 3.22. The molecule has 1 amide bonds. The first-order valence-corrected chi connectivity index (χ1v) is 11.3. The number of halogens is 2. The largest absolute Gasteiger partial charge is 0.389 e. The van der Waals surface area contributed by atoms with Gasteiger partial charge in [-0.15, -0.1) is 0 Å². The molecule has 0 spiro atoms. The quantitative estimate of drug-likeness (QED) is 0.530. The van der Waals surface area contributed by atoms with Crippen molar-refractivity contribution in [2.24, 2.45) is 7.05 Å². The number of anilines is 2. The number of thiazole rings is 1. The van der Waals surface area contributed by atoms with Gasteiger partial charge in [0.05, 0.1) is 23.1 Å². The van der Waals surface area contributed by atoms with E-state index < -0.39 is 23.1 Å². The van der Waals surface area contributed by atoms with Crippen molar-refractivity contribution >= 4 is 27.9 Å². The van der Waals surface area contributed by atoms with Gasteiger partial charge in [-0.05, 0) is 25.0 Å². The van der Waals surface area contributed by atoms with Gasteiger partial charge in [-0.1, -0.05) is 43.1 Å². The van der Waals surface area contributed by atoms with Gasteiger partial charge in [0, 0.05) is 14.2 Å². The number of benzene rings is 1. The van der Waals surface area contributed by atoms with Crippen molar-refractivity contribution < 1.29 is 18.3 Å². The summed E-state index contributed by atoms with van der Waals surface area (Å²) in [6.07, 6.45) is 7.51. The monoisotopic (exact) mass is 461 g/mol. The molecule has 10 heteroatoms. The van der Waals surface area contributed by atoms with Crippen molar-refractivity contribution in [3.63, 3.8) is 0 Å². The van der Waals surface area contributed by atoms with E-state index in [4.69, 9.17) is 10.5 Å². The number of nitrogens with zero attached hydrogens (tertiary/aromatic N) is 3. The Hall–Kier alpha value is -2.85. The number of hydrogen-bond acceptors (Lipinski definition) is 6. The molecule has 1 aliphatic rings. The molecule has 1 saturated carbocycles. The zero-order chi connectivity index (χ0) is 22.9. The third-order valence-electron chi connectivity index (χ3n) is 5.97. The van der Waals surface area contributed by atoms with E-state index in [2.05, 4.69) is 15.4 Å². The van der Waals surface area contributed by atoms with Crippen LogP contribution >= 0.6 is 11.3 Å². The fourth-order valence-corrected chi connectivity index (χ4v) is 5.27. The van der Waals surface area contributed by atoms with Gasteiger partial charge >= 0.3 is 0 Å². The minimum Gasteiger partial charge on any atom is -0.389 e. The van der Waals surface area contributed by atoms with Crippen LogP contribution in [0.5, 0.6) is 0 Å². The highest BCUT2D eigenvalue weighted by Gasteiger charge is 2.38. The van der Waals surface area contributed by atoms with Gasteiger partial charge in [-0.25, -0.2) is 13.8 Å². The molecule has 32 heavy (non-hydrogen) atoms. The first-order valence-electron chi connectivity index (χ1n) is 10.5. The standard InChI is InChI=1S/C22H25F2N5O2S/c1-29-18(22(31-2)10-5-3-4-6-11-22)15(12-26-29)27-20(30)17-19(25)32-21(28-17)16-13(23)8-7-9-14(16)24/h7-9,12H,3-6,10-11,25H2,1-2H3,(H,27,30). The molecule has 1 aliphatic carbocycles. The third-order valence-corrected chi connectivity index (χ3v) is 6.87. The Bertz CT molecular complexity index is 1120. The molecule has 0 atom stereocenters. The van der Waals surface area contributed by atoms with Gasteiger partial charge in [0.15, 0.2) is 5.69 Å². The molecule has 3 N–H and O–H groups in total. The van der Waals surface area contributed by atoms with Crippen LogP contribution in [0.4, 0.5) is 19.5 Å². The summed E-state index contributed by atoms with van der Waals surface area (Å²) in [6, 6.07) is 3.53. The topological polar surface area (TPSA) is 95.1 Å². The summed E-state index contributed by atoms with van der Waals surface area (Å²) in [4.78, 5) is 17.2. The average molecular weight is 462 g/mol. The first-order chi connectivity index (χ1) is 15.4. The molecular weight excluding hydrogens is 436 g/mol. The lowest BCUT2D eigenvalue weighted by Gasteiger charge is -2.32. The van der Waals surface area contributed by atoms with E-state index in [-0.39, 0.29) is 21.3 Å². The normalized spacial score (nSPS) is 16.0. The molecule has 0 bridgehead atoms. The maximum atomic E-state index is 14.2. The summed E-state index contributed by atoms with van der Waals surface area (Å²) in [5.74, 6) is -2.11. The number of carbonyl (C=O) groups is 1. The fraction of sp³-hybridized carbons (Fsp3) is 0.409. The van der Waals surface area contributed by atoms with Crippen molar-refractivity contribution in [1.29, 1.82) is 0 Å². The number of nitrogens with two attached hydrogens (primary N) is 1. The van der Waals surface area contributed by atoms with Crippen molar-refractivity contribution in [3.05, 3.63) is 47.4 Å². The molecule has 170 valence electrons. The van der Waals surface area contributed by atoms with Gasteiger partial charge in [-0.2, -0.15) is 5.10 Å². The molecule has 0 aliphatic heterocycles. The third kappa shape index (κ3) is 4.00. The van der Waals surface area contributed by atoms with Crippen LogP contribution in [-0.4, -0.2) is 27.8 Å². The SMILES string of the molecule is COC1(c2c(NC(=O)c3nc(-c4c(F)cccc4F)sc3N)cnn2C)CCCCCC1. The molecule has 1 aromatic carbocycles. The van der Waals surface area contributed by atoms with Crippen LogP contribution in [0.2, 0.25) is 0 Å². The summed E-state index contributed by atoms with van der Waals surface area (Å²) in [5.41, 5.74) is 6.34. The van der Waals surface area contributed by atoms with Crippen LogP contribution in [0.15, 0.2) is 24.4 Å². The number of nitrogens with one attached hydrogen (secondary N) is 1. The summed E-state index contributed by atoms with van der Waals surface area (Å²) in [6.45, 7) is 0. The summed E-state index contributed by atoms with van der Waals surface area (Å²) in [7, 11) is 3.49. The highest BCUT2D eigenvalue weighted by Crippen LogP contribution is 2.42. The van der Waals surface area contributed by atoms with Gasteiger partial charge in [-0.3, -0.25) is 9.48 Å². The van der Waals surface area contributed by atoms with E-state index in [9.17, 15) is 13.6 Å². The Kier molecular flexibility index (Phi) is 6.25. The smallest absolute Gasteiger partial charge is 0.277 e. The number of methoxy groups -OCH3 is 1. The van der Waals surface area contributed by atoms with Crippen LogP contribution in [0.3, 0.4) is 0 Å². The van der Waals surface area contributed by atoms with Crippen molar-refractivity contribution in [2.75, 3.05) is 18.2 Å². The van der Waals surface area contributed by atoms with E-state index in [1.807, 2.05) is 7.05 Å². The number of aryl methyl sites for hydroxylation is 1.